The second-order valence-electron chi connectivity index (χ2n) is 10.5. The molecule has 4 aliphatic heterocycles. The maximum absolute atomic E-state index is 4.42. The van der Waals surface area contributed by atoms with Crippen molar-refractivity contribution in [3.05, 3.63) is 96.6 Å². The zero-order valence-corrected chi connectivity index (χ0v) is 25.5. The van der Waals surface area contributed by atoms with Crippen molar-refractivity contribution >= 4 is 23.9 Å². The summed E-state index contributed by atoms with van der Waals surface area (Å²) in [4.78, 5) is 4.78. The summed E-state index contributed by atoms with van der Waals surface area (Å²) in [5, 5.41) is 8.81. The van der Waals surface area contributed by atoms with E-state index >= 15 is 0 Å². The number of rotatable bonds is 4. The molecule has 0 N–H and O–H groups in total. The van der Waals surface area contributed by atoms with Gasteiger partial charge in [0.1, 0.15) is 0 Å². The maximum Gasteiger partial charge on any atom is 4.00 e. The van der Waals surface area contributed by atoms with E-state index in [1.165, 1.54) is 51.4 Å². The number of likely N-dealkylation sites (N-methyl/N-ethyl adjacent to an activating group) is 1. The molecule has 0 aromatic carbocycles. The molecule has 5 atom stereocenters. The number of allylic oxidation sites excluding steroid dienone is 6. The predicted molar refractivity (Wildman–Crippen MR) is 159 cm³/mol. The van der Waals surface area contributed by atoms with Gasteiger partial charge in [0.15, 0.2) is 0 Å². The third-order valence-corrected chi connectivity index (χ3v) is 10.2. The molecule has 0 spiro atoms. The summed E-state index contributed by atoms with van der Waals surface area (Å²) in [5.74, 6) is 0. The molecule has 4 heterocycles. The average molecular weight is 594 g/mol. The molecule has 2 saturated carbocycles. The minimum Gasteiger partial charge on any atom is -0.663 e. The number of fused-ring (bicyclic) bond motifs is 2. The smallest absolute Gasteiger partial charge is 0.663 e. The summed E-state index contributed by atoms with van der Waals surface area (Å²) in [6.45, 7) is 4.62. The number of hydrogen-bond donors (Lipinski definition) is 0. The maximum atomic E-state index is 4.42. The van der Waals surface area contributed by atoms with Crippen LogP contribution in [0.2, 0.25) is 0 Å². The van der Waals surface area contributed by atoms with Gasteiger partial charge in [-0.2, -0.15) is 19.1 Å². The minimum atomic E-state index is 0. The molecule has 38 heavy (non-hydrogen) atoms. The average Bonchev–Trinajstić information content (AvgIpc) is 3.45. The van der Waals surface area contributed by atoms with Gasteiger partial charge >= 0.3 is 17.1 Å². The third kappa shape index (κ3) is 6.73. The van der Waals surface area contributed by atoms with E-state index in [9.17, 15) is 0 Å². The van der Waals surface area contributed by atoms with Crippen LogP contribution in [-0.4, -0.2) is 61.7 Å². The quantitative estimate of drug-likeness (QED) is 0.147. The van der Waals surface area contributed by atoms with Gasteiger partial charge in [0.05, 0.1) is 19.1 Å². The van der Waals surface area contributed by atoms with E-state index in [2.05, 4.69) is 88.3 Å². The van der Waals surface area contributed by atoms with Crippen molar-refractivity contribution in [3.63, 3.8) is 0 Å². The molecule has 0 bridgehead atoms. The van der Waals surface area contributed by atoms with E-state index in [0.29, 0.717) is 18.1 Å². The fourth-order valence-electron chi connectivity index (χ4n) is 6.35. The standard InChI is InChI=1S/C15H22N3S.C14H19N3S.Fe/c1-18(19-2)12-17(11-13-7-5-6-10-16-13)14-8-3-4-9-15(14)18;1-18-17-11-16(10-12-6-4-5-9-15-12)13-7-2-3-8-14(13)17;/h5-7,10-12,14-15H,3-4,8-9H2,1-2H3;4-6,9-11,13-14H,2-3,7-8H2,1H3;/q-1;-2;+4/b13-11-;12-10-;/t14?,15-,18?;13-,14-;/m11./s1. The minimum absolute atomic E-state index is 0. The number of nitrogens with zero attached hydrogens (tertiary/aromatic N) is 6. The van der Waals surface area contributed by atoms with Crippen LogP contribution in [0.15, 0.2) is 72.7 Å². The van der Waals surface area contributed by atoms with Gasteiger partial charge < -0.3 is 28.6 Å². The van der Waals surface area contributed by atoms with Crippen LogP contribution >= 0.6 is 23.9 Å². The van der Waals surface area contributed by atoms with Gasteiger partial charge in [0, 0.05) is 36.7 Å². The van der Waals surface area contributed by atoms with Crippen LogP contribution in [-0.2, 0) is 17.1 Å². The second kappa shape index (κ2) is 13.9. The molecule has 6 rings (SSSR count). The second-order valence-corrected chi connectivity index (χ2v) is 12.5. The summed E-state index contributed by atoms with van der Waals surface area (Å²) in [5.41, 5.74) is 2.10. The fourth-order valence-corrected chi connectivity index (χ4v) is 7.79. The predicted octanol–water partition coefficient (Wildman–Crippen LogP) is 7.36. The summed E-state index contributed by atoms with van der Waals surface area (Å²) in [7, 11) is 2.33. The van der Waals surface area contributed by atoms with Crippen LogP contribution in [0, 0.1) is 13.3 Å². The molecule has 0 radical (unpaired) electrons. The van der Waals surface area contributed by atoms with E-state index in [1.807, 2.05) is 54.5 Å². The molecule has 6 nitrogen and oxygen atoms in total. The molecule has 9 heteroatoms. The molecule has 4 fully saturated rings. The van der Waals surface area contributed by atoms with Crippen LogP contribution < -0.4 is 0 Å². The number of quaternary nitrogens is 1. The molecule has 0 aromatic heterocycles. The van der Waals surface area contributed by atoms with Crippen LogP contribution in [0.4, 0.5) is 0 Å². The Bertz CT molecular complexity index is 978. The first-order valence-electron chi connectivity index (χ1n) is 13.6. The molecule has 2 unspecified atom stereocenters. The summed E-state index contributed by atoms with van der Waals surface area (Å²) in [6.07, 6.45) is 35.3. The summed E-state index contributed by atoms with van der Waals surface area (Å²) < 4.78 is 3.40. The van der Waals surface area contributed by atoms with Gasteiger partial charge in [0.25, 0.3) is 0 Å². The Hall–Kier alpha value is -1.22. The van der Waals surface area contributed by atoms with Crippen molar-refractivity contribution < 1.29 is 21.0 Å². The molecule has 206 valence electrons. The summed E-state index contributed by atoms with van der Waals surface area (Å²) >= 11 is 3.76. The molecular weight excluding hydrogens is 552 g/mol. The Morgan fingerprint density at radius 1 is 0.816 bits per heavy atom. The normalized spacial score (nSPS) is 35.8. The van der Waals surface area contributed by atoms with E-state index in [0.717, 1.165) is 21.3 Å². The van der Waals surface area contributed by atoms with Crippen molar-refractivity contribution in [1.29, 1.82) is 0 Å². The Morgan fingerprint density at radius 3 is 1.97 bits per heavy atom. The SMILES string of the molecule is CSN1[CH-]N(/C=C2/C=CC=C[N-]2)[C@@H]2CCCC[C@H]21.CS[N+]1(C)[CH-]N(/C=C2/C=CC=C[N-]2)C2CCCC[C@H]21.[Fe+4]. The Kier molecular flexibility index (Phi) is 10.9. The van der Waals surface area contributed by atoms with Gasteiger partial charge in [-0.15, -0.1) is 23.3 Å². The molecule has 2 saturated heterocycles. The topological polar surface area (TPSA) is 37.9 Å². The van der Waals surface area contributed by atoms with Gasteiger partial charge in [-0.1, -0.05) is 55.7 Å². The van der Waals surface area contributed by atoms with E-state index in [1.54, 1.807) is 0 Å². The van der Waals surface area contributed by atoms with E-state index in [-0.39, 0.29) is 17.1 Å². The Balaban J connectivity index is 0.000000173. The van der Waals surface area contributed by atoms with Crippen molar-refractivity contribution in [3.8, 4) is 0 Å². The van der Waals surface area contributed by atoms with Crippen molar-refractivity contribution in [2.75, 3.05) is 19.6 Å². The molecular formula is C29H41FeN6S2+. The van der Waals surface area contributed by atoms with Gasteiger partial charge in [-0.25, -0.2) is 0 Å². The number of hydrogen-bond acceptors (Lipinski definition) is 5. The monoisotopic (exact) mass is 593 g/mol. The first kappa shape index (κ1) is 29.8. The van der Waals surface area contributed by atoms with Crippen LogP contribution in [0.25, 0.3) is 10.6 Å². The molecule has 2 aliphatic carbocycles. The van der Waals surface area contributed by atoms with Crippen molar-refractivity contribution in [2.45, 2.75) is 75.5 Å². The third-order valence-electron chi connectivity index (χ3n) is 8.29. The Labute approximate surface area is 249 Å². The van der Waals surface area contributed by atoms with E-state index < -0.39 is 0 Å². The molecule has 0 aromatic rings. The van der Waals surface area contributed by atoms with Crippen molar-refractivity contribution in [1.82, 2.24) is 14.1 Å². The molecule has 6 aliphatic rings. The zero-order chi connectivity index (χ0) is 25.7. The van der Waals surface area contributed by atoms with E-state index in [4.69, 9.17) is 0 Å². The van der Waals surface area contributed by atoms with Crippen LogP contribution in [0.1, 0.15) is 51.4 Å². The fraction of sp³-hybridized carbons (Fsp3) is 0.517. The van der Waals surface area contributed by atoms with Crippen molar-refractivity contribution in [2.24, 2.45) is 0 Å². The first-order chi connectivity index (χ1) is 18.1. The van der Waals surface area contributed by atoms with Crippen LogP contribution in [0.3, 0.4) is 0 Å². The zero-order valence-electron chi connectivity index (χ0n) is 22.7. The first-order valence-corrected chi connectivity index (χ1v) is 16.0. The largest absolute Gasteiger partial charge is 4.00 e. The van der Waals surface area contributed by atoms with Crippen LogP contribution in [0.5, 0.6) is 0 Å². The van der Waals surface area contributed by atoms with Gasteiger partial charge in [0.2, 0.25) is 0 Å². The Morgan fingerprint density at radius 2 is 1.39 bits per heavy atom. The van der Waals surface area contributed by atoms with Gasteiger partial charge in [-0.3, -0.25) is 0 Å². The summed E-state index contributed by atoms with van der Waals surface area (Å²) in [6, 6.07) is 2.68. The molecule has 0 amide bonds. The van der Waals surface area contributed by atoms with Gasteiger partial charge in [-0.05, 0) is 51.0 Å².